The van der Waals surface area contributed by atoms with Crippen LogP contribution in [0.4, 0.5) is 0 Å². The standard InChI is InChI=1S/C21H30N4O3.ClH/c1-15(2)12-25-20(27)17-7-5-4-6-16(17)18(24-25)19(26)23-13-21(14-28-3)8-10-22-11-9-21;/h4-7,15,22H,8-14H2,1-3H3,(H,23,26);1H. The number of rotatable bonds is 7. The molecule has 1 aromatic heterocycles. The predicted octanol–water partition coefficient (Wildman–Crippen LogP) is 2.22. The van der Waals surface area contributed by atoms with E-state index < -0.39 is 0 Å². The van der Waals surface area contributed by atoms with E-state index in [0.717, 1.165) is 25.9 Å². The lowest BCUT2D eigenvalue weighted by Gasteiger charge is -2.37. The Bertz CT molecular complexity index is 886. The highest BCUT2D eigenvalue weighted by atomic mass is 35.5. The Balaban J connectivity index is 0.00000300. The smallest absolute Gasteiger partial charge is 0.274 e. The summed E-state index contributed by atoms with van der Waals surface area (Å²) in [5.74, 6) is 0.00435. The van der Waals surface area contributed by atoms with Crippen molar-refractivity contribution in [1.29, 1.82) is 0 Å². The van der Waals surface area contributed by atoms with Crippen molar-refractivity contribution in [2.24, 2.45) is 11.3 Å². The molecule has 8 heteroatoms. The van der Waals surface area contributed by atoms with E-state index in [2.05, 4.69) is 15.7 Å². The fraction of sp³-hybridized carbons (Fsp3) is 0.571. The molecule has 29 heavy (non-hydrogen) atoms. The van der Waals surface area contributed by atoms with Crippen LogP contribution in [-0.4, -0.2) is 49.0 Å². The highest BCUT2D eigenvalue weighted by molar-refractivity contribution is 6.04. The van der Waals surface area contributed by atoms with Crippen LogP contribution >= 0.6 is 12.4 Å². The SMILES string of the molecule is COCC1(CNC(=O)c2nn(CC(C)C)c(=O)c3ccccc23)CCNCC1.Cl. The molecule has 1 saturated heterocycles. The summed E-state index contributed by atoms with van der Waals surface area (Å²) in [6.45, 7) is 7.49. The quantitative estimate of drug-likeness (QED) is 0.714. The second kappa shape index (κ2) is 10.2. The number of ether oxygens (including phenoxy) is 1. The fourth-order valence-corrected chi connectivity index (χ4v) is 3.86. The number of carbonyl (C=O) groups excluding carboxylic acids is 1. The van der Waals surface area contributed by atoms with E-state index >= 15 is 0 Å². The molecule has 0 saturated carbocycles. The second-order valence-electron chi connectivity index (χ2n) is 8.14. The monoisotopic (exact) mass is 422 g/mol. The van der Waals surface area contributed by atoms with Gasteiger partial charge in [-0.3, -0.25) is 9.59 Å². The Morgan fingerprint density at radius 3 is 2.55 bits per heavy atom. The number of benzene rings is 1. The molecule has 0 radical (unpaired) electrons. The van der Waals surface area contributed by atoms with E-state index in [9.17, 15) is 9.59 Å². The highest BCUT2D eigenvalue weighted by Gasteiger charge is 2.33. The zero-order chi connectivity index (χ0) is 20.1. The summed E-state index contributed by atoms with van der Waals surface area (Å²) in [5.41, 5.74) is 0.0742. The molecule has 1 fully saturated rings. The van der Waals surface area contributed by atoms with Crippen LogP contribution in [-0.2, 0) is 11.3 Å². The molecule has 0 atom stereocenters. The van der Waals surface area contributed by atoms with Gasteiger partial charge in [-0.1, -0.05) is 32.0 Å². The molecule has 1 aliphatic rings. The van der Waals surface area contributed by atoms with E-state index in [-0.39, 0.29) is 35.2 Å². The van der Waals surface area contributed by atoms with Crippen molar-refractivity contribution in [3.8, 4) is 0 Å². The minimum absolute atomic E-state index is 0. The molecule has 2 heterocycles. The molecule has 160 valence electrons. The van der Waals surface area contributed by atoms with Gasteiger partial charge in [-0.15, -0.1) is 12.4 Å². The van der Waals surface area contributed by atoms with Gasteiger partial charge in [-0.25, -0.2) is 4.68 Å². The van der Waals surface area contributed by atoms with E-state index in [1.807, 2.05) is 26.0 Å². The van der Waals surface area contributed by atoms with Crippen molar-refractivity contribution in [1.82, 2.24) is 20.4 Å². The van der Waals surface area contributed by atoms with Gasteiger partial charge in [0.25, 0.3) is 11.5 Å². The Hall–Kier alpha value is -1.96. The third-order valence-corrected chi connectivity index (χ3v) is 5.36. The topological polar surface area (TPSA) is 85.2 Å². The molecule has 2 N–H and O–H groups in total. The summed E-state index contributed by atoms with van der Waals surface area (Å²) in [7, 11) is 1.70. The molecule has 1 aromatic carbocycles. The Kier molecular flexibility index (Phi) is 8.19. The van der Waals surface area contributed by atoms with Gasteiger partial charge in [0, 0.05) is 31.0 Å². The van der Waals surface area contributed by atoms with Crippen LogP contribution in [0.25, 0.3) is 10.8 Å². The van der Waals surface area contributed by atoms with E-state index in [1.165, 1.54) is 4.68 Å². The van der Waals surface area contributed by atoms with Crippen LogP contribution in [0.1, 0.15) is 37.2 Å². The normalized spacial score (nSPS) is 15.9. The molecule has 0 unspecified atom stereocenters. The summed E-state index contributed by atoms with van der Waals surface area (Å²) in [4.78, 5) is 25.8. The summed E-state index contributed by atoms with van der Waals surface area (Å²) in [5, 5.41) is 12.0. The number of aromatic nitrogens is 2. The van der Waals surface area contributed by atoms with E-state index in [0.29, 0.717) is 36.2 Å². The van der Waals surface area contributed by atoms with Crippen LogP contribution in [0.5, 0.6) is 0 Å². The fourth-order valence-electron chi connectivity index (χ4n) is 3.86. The number of hydrogen-bond acceptors (Lipinski definition) is 5. The van der Waals surface area contributed by atoms with Crippen LogP contribution in [0, 0.1) is 11.3 Å². The molecule has 3 rings (SSSR count). The summed E-state index contributed by atoms with van der Waals surface area (Å²) < 4.78 is 6.85. The largest absolute Gasteiger partial charge is 0.384 e. The van der Waals surface area contributed by atoms with Gasteiger partial charge in [-0.2, -0.15) is 5.10 Å². The predicted molar refractivity (Wildman–Crippen MR) is 117 cm³/mol. The Labute approximate surface area is 177 Å². The number of hydrogen-bond donors (Lipinski definition) is 2. The molecular formula is C21H31ClN4O3. The molecule has 0 spiro atoms. The minimum Gasteiger partial charge on any atom is -0.384 e. The van der Waals surface area contributed by atoms with Crippen LogP contribution < -0.4 is 16.2 Å². The van der Waals surface area contributed by atoms with Crippen molar-refractivity contribution >= 4 is 29.1 Å². The number of nitrogens with one attached hydrogen (secondary N) is 2. The third-order valence-electron chi connectivity index (χ3n) is 5.36. The molecular weight excluding hydrogens is 392 g/mol. The number of carbonyl (C=O) groups is 1. The number of methoxy groups -OCH3 is 1. The highest BCUT2D eigenvalue weighted by Crippen LogP contribution is 2.28. The zero-order valence-electron chi connectivity index (χ0n) is 17.4. The second-order valence-corrected chi connectivity index (χ2v) is 8.14. The average molecular weight is 423 g/mol. The first-order valence-electron chi connectivity index (χ1n) is 9.93. The van der Waals surface area contributed by atoms with Gasteiger partial charge in [0.1, 0.15) is 0 Å². The van der Waals surface area contributed by atoms with Crippen LogP contribution in [0.15, 0.2) is 29.1 Å². The zero-order valence-corrected chi connectivity index (χ0v) is 18.2. The molecule has 1 aliphatic heterocycles. The molecule has 7 nitrogen and oxygen atoms in total. The van der Waals surface area contributed by atoms with Gasteiger partial charge < -0.3 is 15.4 Å². The van der Waals surface area contributed by atoms with Crippen molar-refractivity contribution in [3.63, 3.8) is 0 Å². The summed E-state index contributed by atoms with van der Waals surface area (Å²) in [6, 6.07) is 7.18. The Morgan fingerprint density at radius 1 is 1.28 bits per heavy atom. The van der Waals surface area contributed by atoms with E-state index in [1.54, 1.807) is 19.2 Å². The van der Waals surface area contributed by atoms with Crippen molar-refractivity contribution in [2.75, 3.05) is 33.4 Å². The van der Waals surface area contributed by atoms with Gasteiger partial charge in [0.15, 0.2) is 5.69 Å². The minimum atomic E-state index is -0.247. The number of nitrogens with zero attached hydrogens (tertiary/aromatic N) is 2. The van der Waals surface area contributed by atoms with Gasteiger partial charge in [-0.05, 0) is 37.9 Å². The number of piperidine rings is 1. The maximum atomic E-state index is 13.1. The Morgan fingerprint density at radius 2 is 1.93 bits per heavy atom. The molecule has 0 bridgehead atoms. The molecule has 2 aromatic rings. The summed E-state index contributed by atoms with van der Waals surface area (Å²) >= 11 is 0. The molecule has 0 aliphatic carbocycles. The van der Waals surface area contributed by atoms with Crippen LogP contribution in [0.2, 0.25) is 0 Å². The van der Waals surface area contributed by atoms with Crippen molar-refractivity contribution in [3.05, 3.63) is 40.3 Å². The first-order valence-corrected chi connectivity index (χ1v) is 9.93. The third kappa shape index (κ3) is 5.35. The lowest BCUT2D eigenvalue weighted by Crippen LogP contribution is -2.47. The van der Waals surface area contributed by atoms with E-state index in [4.69, 9.17) is 4.74 Å². The lowest BCUT2D eigenvalue weighted by atomic mass is 9.79. The first-order chi connectivity index (χ1) is 13.5. The first kappa shape index (κ1) is 23.3. The van der Waals surface area contributed by atoms with Crippen LogP contribution in [0.3, 0.4) is 0 Å². The maximum Gasteiger partial charge on any atom is 0.274 e. The molecule has 1 amide bonds. The lowest BCUT2D eigenvalue weighted by molar-refractivity contribution is 0.0510. The number of amides is 1. The number of fused-ring (bicyclic) bond motifs is 1. The van der Waals surface area contributed by atoms with Gasteiger partial charge >= 0.3 is 0 Å². The van der Waals surface area contributed by atoms with Crippen molar-refractivity contribution in [2.45, 2.75) is 33.2 Å². The summed E-state index contributed by atoms with van der Waals surface area (Å²) in [6.07, 6.45) is 1.89. The van der Waals surface area contributed by atoms with Crippen molar-refractivity contribution < 1.29 is 9.53 Å². The maximum absolute atomic E-state index is 13.1. The average Bonchev–Trinajstić information content (AvgIpc) is 2.69. The van der Waals surface area contributed by atoms with Gasteiger partial charge in [0.2, 0.25) is 0 Å². The van der Waals surface area contributed by atoms with Gasteiger partial charge in [0.05, 0.1) is 12.0 Å². The number of halogens is 1.